The molecule has 0 aliphatic carbocycles. The van der Waals surface area contributed by atoms with Gasteiger partial charge in [0.2, 0.25) is 0 Å². The minimum Gasteiger partial charge on any atom is -0.337 e. The fourth-order valence-corrected chi connectivity index (χ4v) is 3.87. The number of aromatic nitrogens is 2. The van der Waals surface area contributed by atoms with Crippen molar-refractivity contribution < 1.29 is 9.59 Å². The largest absolute Gasteiger partial charge is 0.337 e. The number of amides is 1. The number of rotatable bonds is 3. The Morgan fingerprint density at radius 1 is 1.15 bits per heavy atom. The van der Waals surface area contributed by atoms with Gasteiger partial charge in [0.15, 0.2) is 11.5 Å². The average molecular weight is 409 g/mol. The summed E-state index contributed by atoms with van der Waals surface area (Å²) >= 11 is 5.89. The predicted molar refractivity (Wildman–Crippen MR) is 106 cm³/mol. The van der Waals surface area contributed by atoms with Crippen molar-refractivity contribution >= 4 is 35.7 Å². The number of benzene rings is 1. The first-order chi connectivity index (χ1) is 12.6. The Morgan fingerprint density at radius 3 is 2.56 bits per heavy atom. The van der Waals surface area contributed by atoms with Crippen LogP contribution in [0.2, 0.25) is 5.02 Å². The molecule has 27 heavy (non-hydrogen) atoms. The molecule has 2 aliphatic rings. The number of ketones is 1. The van der Waals surface area contributed by atoms with Gasteiger partial charge in [-0.05, 0) is 37.1 Å². The van der Waals surface area contributed by atoms with Gasteiger partial charge >= 0.3 is 0 Å². The van der Waals surface area contributed by atoms with Gasteiger partial charge in [0.1, 0.15) is 0 Å². The Bertz CT molecular complexity index is 827. The van der Waals surface area contributed by atoms with Gasteiger partial charge in [-0.2, -0.15) is 5.10 Å². The molecule has 4 rings (SSSR count). The Balaban J connectivity index is 0.00000210. The van der Waals surface area contributed by atoms with E-state index >= 15 is 0 Å². The van der Waals surface area contributed by atoms with Crippen LogP contribution in [0.15, 0.2) is 24.3 Å². The molecule has 1 fully saturated rings. The summed E-state index contributed by atoms with van der Waals surface area (Å²) in [5.41, 5.74) is 3.25. The highest BCUT2D eigenvalue weighted by Gasteiger charge is 2.31. The monoisotopic (exact) mass is 408 g/mol. The number of nitrogens with one attached hydrogen (secondary N) is 2. The Hall–Kier alpha value is -1.89. The van der Waals surface area contributed by atoms with Crippen molar-refractivity contribution in [2.75, 3.05) is 19.6 Å². The highest BCUT2D eigenvalue weighted by atomic mass is 35.5. The molecule has 6 nitrogen and oxygen atoms in total. The van der Waals surface area contributed by atoms with Gasteiger partial charge in [-0.15, -0.1) is 12.4 Å². The summed E-state index contributed by atoms with van der Waals surface area (Å²) in [6.07, 6.45) is 2.23. The van der Waals surface area contributed by atoms with Crippen LogP contribution in [0.1, 0.15) is 44.9 Å². The minimum absolute atomic E-state index is 0. The molecule has 2 N–H and O–H groups in total. The number of nitrogens with zero attached hydrogens (tertiary/aromatic N) is 2. The molecule has 0 spiro atoms. The molecule has 2 aromatic rings. The van der Waals surface area contributed by atoms with Crippen LogP contribution in [0.5, 0.6) is 0 Å². The summed E-state index contributed by atoms with van der Waals surface area (Å²) in [5, 5.41) is 11.2. The maximum Gasteiger partial charge on any atom is 0.274 e. The van der Waals surface area contributed by atoms with Gasteiger partial charge in [0, 0.05) is 60.4 Å². The van der Waals surface area contributed by atoms with E-state index in [0.29, 0.717) is 48.8 Å². The van der Waals surface area contributed by atoms with Crippen molar-refractivity contribution in [3.8, 4) is 0 Å². The van der Waals surface area contributed by atoms with Crippen LogP contribution >= 0.6 is 24.0 Å². The summed E-state index contributed by atoms with van der Waals surface area (Å²) in [6, 6.07) is 7.01. The molecule has 1 saturated heterocycles. The van der Waals surface area contributed by atoms with E-state index in [0.717, 1.165) is 24.2 Å². The van der Waals surface area contributed by atoms with E-state index in [-0.39, 0.29) is 30.0 Å². The van der Waals surface area contributed by atoms with E-state index in [2.05, 4.69) is 15.5 Å². The molecular formula is C19H22Cl2N4O2. The normalized spacial score (nSPS) is 17.1. The predicted octanol–water partition coefficient (Wildman–Crippen LogP) is 2.87. The first kappa shape index (κ1) is 19.9. The quantitative estimate of drug-likeness (QED) is 0.765. The molecular weight excluding hydrogens is 387 g/mol. The second-order valence-electron chi connectivity index (χ2n) is 6.89. The fourth-order valence-electron chi connectivity index (χ4n) is 3.75. The van der Waals surface area contributed by atoms with Crippen molar-refractivity contribution in [1.82, 2.24) is 20.4 Å². The number of H-pyrrole nitrogens is 1. The third-order valence-corrected chi connectivity index (χ3v) is 5.54. The number of piperidine rings is 1. The molecule has 8 heteroatoms. The molecule has 3 heterocycles. The van der Waals surface area contributed by atoms with Gasteiger partial charge in [-0.1, -0.05) is 11.6 Å². The van der Waals surface area contributed by atoms with E-state index in [1.807, 2.05) is 4.90 Å². The van der Waals surface area contributed by atoms with Crippen molar-refractivity contribution in [3.05, 3.63) is 51.8 Å². The number of carbonyl (C=O) groups excluding carboxylic acids is 2. The van der Waals surface area contributed by atoms with Gasteiger partial charge in [0.25, 0.3) is 5.91 Å². The molecule has 1 aromatic carbocycles. The number of fused-ring (bicyclic) bond motifs is 1. The van der Waals surface area contributed by atoms with Crippen LogP contribution in [0.3, 0.4) is 0 Å². The first-order valence-corrected chi connectivity index (χ1v) is 9.37. The zero-order valence-corrected chi connectivity index (χ0v) is 16.4. The van der Waals surface area contributed by atoms with Gasteiger partial charge < -0.3 is 10.2 Å². The average Bonchev–Trinajstić information content (AvgIpc) is 3.12. The number of hydrogen-bond donors (Lipinski definition) is 2. The molecule has 1 amide bonds. The highest BCUT2D eigenvalue weighted by molar-refractivity contribution is 6.30. The van der Waals surface area contributed by atoms with Crippen LogP contribution in [0.25, 0.3) is 0 Å². The van der Waals surface area contributed by atoms with Crippen LogP contribution in [0.4, 0.5) is 0 Å². The smallest absolute Gasteiger partial charge is 0.274 e. The number of Topliss-reactive ketones (excluding diaryl/α,β-unsaturated/α-hetero) is 1. The van der Waals surface area contributed by atoms with Crippen molar-refractivity contribution in [3.63, 3.8) is 0 Å². The van der Waals surface area contributed by atoms with Gasteiger partial charge in [-0.25, -0.2) is 0 Å². The Kier molecular flexibility index (Phi) is 6.19. The lowest BCUT2D eigenvalue weighted by atomic mass is 9.88. The second kappa shape index (κ2) is 8.42. The second-order valence-corrected chi connectivity index (χ2v) is 7.33. The molecule has 0 atom stereocenters. The van der Waals surface area contributed by atoms with E-state index in [4.69, 9.17) is 11.6 Å². The standard InChI is InChI=1S/C19H21ClN4O2.ClH/c20-14-3-1-12(2-4-14)18(25)13-6-9-24(10-7-13)19(26)17-15-11-21-8-5-16(15)22-23-17;/h1-4,13,21H,5-11H2,(H,22,23);1H. The van der Waals surface area contributed by atoms with E-state index in [1.54, 1.807) is 24.3 Å². The minimum atomic E-state index is -0.0463. The van der Waals surface area contributed by atoms with Crippen molar-refractivity contribution in [2.45, 2.75) is 25.8 Å². The van der Waals surface area contributed by atoms with E-state index < -0.39 is 0 Å². The lowest BCUT2D eigenvalue weighted by Crippen LogP contribution is -2.41. The number of hydrogen-bond acceptors (Lipinski definition) is 4. The van der Waals surface area contributed by atoms with Crippen molar-refractivity contribution in [1.29, 1.82) is 0 Å². The molecule has 1 aromatic heterocycles. The number of carbonyl (C=O) groups is 2. The fraction of sp³-hybridized carbons (Fsp3) is 0.421. The van der Waals surface area contributed by atoms with Gasteiger partial charge in [0.05, 0.1) is 0 Å². The number of aromatic amines is 1. The number of likely N-dealkylation sites (tertiary alicyclic amines) is 1. The first-order valence-electron chi connectivity index (χ1n) is 8.99. The Labute approximate surface area is 169 Å². The van der Waals surface area contributed by atoms with Crippen LogP contribution in [-0.4, -0.2) is 46.4 Å². The molecule has 2 aliphatic heterocycles. The van der Waals surface area contributed by atoms with Gasteiger partial charge in [-0.3, -0.25) is 14.7 Å². The highest BCUT2D eigenvalue weighted by Crippen LogP contribution is 2.25. The third-order valence-electron chi connectivity index (χ3n) is 5.29. The molecule has 0 saturated carbocycles. The lowest BCUT2D eigenvalue weighted by molar-refractivity contribution is 0.0644. The summed E-state index contributed by atoms with van der Waals surface area (Å²) < 4.78 is 0. The van der Waals surface area contributed by atoms with E-state index in [1.165, 1.54) is 0 Å². The van der Waals surface area contributed by atoms with E-state index in [9.17, 15) is 9.59 Å². The third kappa shape index (κ3) is 4.03. The maximum absolute atomic E-state index is 12.8. The molecule has 0 bridgehead atoms. The van der Waals surface area contributed by atoms with Crippen molar-refractivity contribution in [2.24, 2.45) is 5.92 Å². The zero-order valence-electron chi connectivity index (χ0n) is 14.8. The number of halogens is 2. The summed E-state index contributed by atoms with van der Waals surface area (Å²) in [5.74, 6) is 0.0497. The summed E-state index contributed by atoms with van der Waals surface area (Å²) in [7, 11) is 0. The maximum atomic E-state index is 12.8. The summed E-state index contributed by atoms with van der Waals surface area (Å²) in [4.78, 5) is 27.3. The lowest BCUT2D eigenvalue weighted by Gasteiger charge is -2.31. The molecule has 0 unspecified atom stereocenters. The van der Waals surface area contributed by atoms with Crippen LogP contribution < -0.4 is 5.32 Å². The summed E-state index contributed by atoms with van der Waals surface area (Å²) in [6.45, 7) is 2.75. The topological polar surface area (TPSA) is 78.1 Å². The SMILES string of the molecule is Cl.O=C(c1ccc(Cl)cc1)C1CCN(C(=O)c2n[nH]c3c2CNCC3)CC1. The van der Waals surface area contributed by atoms with Crippen LogP contribution in [0, 0.1) is 5.92 Å². The molecule has 0 radical (unpaired) electrons. The Morgan fingerprint density at radius 2 is 1.85 bits per heavy atom. The zero-order chi connectivity index (χ0) is 18.1. The molecule has 144 valence electrons. The van der Waals surface area contributed by atoms with Crippen LogP contribution in [-0.2, 0) is 13.0 Å².